The van der Waals surface area contributed by atoms with Gasteiger partial charge in [-0.05, 0) is 48.9 Å². The second-order valence-electron chi connectivity index (χ2n) is 5.56. The van der Waals surface area contributed by atoms with E-state index in [4.69, 9.17) is 10.00 Å². The van der Waals surface area contributed by atoms with Gasteiger partial charge in [0.25, 0.3) is 5.91 Å². The van der Waals surface area contributed by atoms with Crippen molar-refractivity contribution in [1.82, 2.24) is 5.32 Å². The smallest absolute Gasteiger partial charge is 0.261 e. The number of nitriles is 1. The number of anilines is 1. The molecule has 0 bridgehead atoms. The normalized spacial score (nSPS) is 11.1. The summed E-state index contributed by atoms with van der Waals surface area (Å²) in [6.45, 7) is 1.89. The molecule has 0 spiro atoms. The van der Waals surface area contributed by atoms with Crippen molar-refractivity contribution in [3.05, 3.63) is 54.1 Å². The summed E-state index contributed by atoms with van der Waals surface area (Å²) in [6.07, 6.45) is -0.925. The third-order valence-electron chi connectivity index (χ3n) is 3.44. The molecule has 0 aliphatic heterocycles. The topological polar surface area (TPSA) is 111 Å². The highest BCUT2D eigenvalue weighted by atomic mass is 16.5. The van der Waals surface area contributed by atoms with E-state index < -0.39 is 6.10 Å². The van der Waals surface area contributed by atoms with E-state index in [1.165, 1.54) is 12.1 Å². The molecule has 0 aromatic heterocycles. The quantitative estimate of drug-likeness (QED) is 0.707. The van der Waals surface area contributed by atoms with Crippen molar-refractivity contribution in [2.75, 3.05) is 5.32 Å². The fourth-order valence-electron chi connectivity index (χ4n) is 2.15. The first-order valence-corrected chi connectivity index (χ1v) is 7.97. The average molecular weight is 353 g/mol. The number of amides is 2. The molecule has 0 fully saturated rings. The Hall–Kier alpha value is -3.53. The monoisotopic (exact) mass is 353 g/mol. The summed E-state index contributed by atoms with van der Waals surface area (Å²) in [5.41, 5.74) is 1.36. The van der Waals surface area contributed by atoms with Crippen molar-refractivity contribution >= 4 is 17.5 Å². The Labute approximate surface area is 151 Å². The first-order chi connectivity index (χ1) is 12.5. The lowest BCUT2D eigenvalue weighted by atomic mass is 10.2. The predicted octanol–water partition coefficient (Wildman–Crippen LogP) is 2.33. The molecule has 0 heterocycles. The van der Waals surface area contributed by atoms with E-state index in [0.717, 1.165) is 5.56 Å². The Morgan fingerprint density at radius 2 is 1.96 bits per heavy atom. The largest absolute Gasteiger partial charge is 0.508 e. The van der Waals surface area contributed by atoms with Crippen molar-refractivity contribution in [3.63, 3.8) is 0 Å². The molecule has 0 aliphatic carbocycles. The van der Waals surface area contributed by atoms with Gasteiger partial charge in [-0.3, -0.25) is 9.59 Å². The number of rotatable bonds is 7. The Morgan fingerprint density at radius 1 is 1.23 bits per heavy atom. The van der Waals surface area contributed by atoms with Crippen LogP contribution in [0, 0.1) is 11.3 Å². The van der Waals surface area contributed by atoms with E-state index >= 15 is 0 Å². The van der Waals surface area contributed by atoms with Gasteiger partial charge in [-0.1, -0.05) is 12.1 Å². The fourth-order valence-corrected chi connectivity index (χ4v) is 2.15. The molecule has 2 rings (SSSR count). The van der Waals surface area contributed by atoms with Gasteiger partial charge < -0.3 is 20.5 Å². The Balaban J connectivity index is 1.87. The number of hydrogen-bond donors (Lipinski definition) is 3. The standard InChI is InChI=1S/C19H19N3O4/c1-13(26-17-7-5-16(23)6-8-17)19(25)21-12-14-3-2-4-15(11-14)22-18(24)9-10-20/h2-8,11,13,23H,9,12H2,1H3,(H,21,25)(H,22,24). The van der Waals surface area contributed by atoms with Gasteiger partial charge in [0.05, 0.1) is 6.07 Å². The lowest BCUT2D eigenvalue weighted by Gasteiger charge is -2.15. The van der Waals surface area contributed by atoms with Crippen LogP contribution in [-0.4, -0.2) is 23.0 Å². The second kappa shape index (κ2) is 9.08. The van der Waals surface area contributed by atoms with Crippen LogP contribution in [0.2, 0.25) is 0 Å². The van der Waals surface area contributed by atoms with Crippen LogP contribution < -0.4 is 15.4 Å². The van der Waals surface area contributed by atoms with Crippen LogP contribution in [0.1, 0.15) is 18.9 Å². The minimum absolute atomic E-state index is 0.121. The van der Waals surface area contributed by atoms with Gasteiger partial charge >= 0.3 is 0 Å². The SMILES string of the molecule is CC(Oc1ccc(O)cc1)C(=O)NCc1cccc(NC(=O)CC#N)c1. The van der Waals surface area contributed by atoms with E-state index in [1.807, 2.05) is 6.07 Å². The van der Waals surface area contributed by atoms with Crippen LogP contribution in [0.4, 0.5) is 5.69 Å². The molecule has 0 saturated heterocycles. The summed E-state index contributed by atoms with van der Waals surface area (Å²) in [7, 11) is 0. The molecule has 0 saturated carbocycles. The summed E-state index contributed by atoms with van der Waals surface area (Å²) in [6, 6.07) is 14.9. The van der Waals surface area contributed by atoms with E-state index in [0.29, 0.717) is 11.4 Å². The summed E-state index contributed by atoms with van der Waals surface area (Å²) >= 11 is 0. The highest BCUT2D eigenvalue weighted by Crippen LogP contribution is 2.17. The number of phenols is 1. The van der Waals surface area contributed by atoms with E-state index in [2.05, 4.69) is 10.6 Å². The molecule has 2 amide bonds. The van der Waals surface area contributed by atoms with Crippen LogP contribution in [0.3, 0.4) is 0 Å². The highest BCUT2D eigenvalue weighted by molar-refractivity contribution is 5.92. The number of phenolic OH excluding ortho intramolecular Hbond substituents is 1. The van der Waals surface area contributed by atoms with E-state index in [-0.39, 0.29) is 30.5 Å². The maximum atomic E-state index is 12.1. The van der Waals surface area contributed by atoms with Gasteiger partial charge in [-0.15, -0.1) is 0 Å². The number of carbonyl (C=O) groups is 2. The van der Waals surface area contributed by atoms with Gasteiger partial charge in [-0.2, -0.15) is 5.26 Å². The Morgan fingerprint density at radius 3 is 2.65 bits per heavy atom. The Kier molecular flexibility index (Phi) is 6.57. The molecular formula is C19H19N3O4. The van der Waals surface area contributed by atoms with Gasteiger partial charge in [0.1, 0.15) is 17.9 Å². The van der Waals surface area contributed by atoms with E-state index in [1.54, 1.807) is 43.3 Å². The summed E-state index contributed by atoms with van der Waals surface area (Å²) in [5.74, 6) is -0.0783. The van der Waals surface area contributed by atoms with Crippen LogP contribution in [0.5, 0.6) is 11.5 Å². The van der Waals surface area contributed by atoms with Crippen molar-refractivity contribution in [1.29, 1.82) is 5.26 Å². The molecule has 26 heavy (non-hydrogen) atoms. The number of benzene rings is 2. The third-order valence-corrected chi connectivity index (χ3v) is 3.44. The zero-order valence-corrected chi connectivity index (χ0v) is 14.2. The molecule has 1 atom stereocenters. The molecule has 0 radical (unpaired) electrons. The lowest BCUT2D eigenvalue weighted by molar-refractivity contribution is -0.127. The van der Waals surface area contributed by atoms with Gasteiger partial charge in [0, 0.05) is 12.2 Å². The predicted molar refractivity (Wildman–Crippen MR) is 95.3 cm³/mol. The molecule has 134 valence electrons. The maximum Gasteiger partial charge on any atom is 0.261 e. The van der Waals surface area contributed by atoms with Gasteiger partial charge in [-0.25, -0.2) is 0 Å². The van der Waals surface area contributed by atoms with Crippen LogP contribution in [-0.2, 0) is 16.1 Å². The fraction of sp³-hybridized carbons (Fsp3) is 0.211. The minimum Gasteiger partial charge on any atom is -0.508 e. The molecule has 7 heteroatoms. The molecule has 7 nitrogen and oxygen atoms in total. The second-order valence-corrected chi connectivity index (χ2v) is 5.56. The number of carbonyl (C=O) groups excluding carboxylic acids is 2. The summed E-state index contributed by atoms with van der Waals surface area (Å²) in [4.78, 5) is 23.6. The third kappa shape index (κ3) is 5.83. The number of ether oxygens (including phenoxy) is 1. The average Bonchev–Trinajstić information content (AvgIpc) is 2.62. The first kappa shape index (κ1) is 18.8. The summed E-state index contributed by atoms with van der Waals surface area (Å²) < 4.78 is 5.51. The van der Waals surface area contributed by atoms with Gasteiger partial charge in [0.2, 0.25) is 5.91 Å². The first-order valence-electron chi connectivity index (χ1n) is 7.97. The van der Waals surface area contributed by atoms with Crippen LogP contribution in [0.25, 0.3) is 0 Å². The minimum atomic E-state index is -0.710. The van der Waals surface area contributed by atoms with Crippen molar-refractivity contribution in [2.24, 2.45) is 0 Å². The highest BCUT2D eigenvalue weighted by Gasteiger charge is 2.14. The number of hydrogen-bond acceptors (Lipinski definition) is 5. The van der Waals surface area contributed by atoms with Crippen LogP contribution >= 0.6 is 0 Å². The molecular weight excluding hydrogens is 334 g/mol. The number of nitrogens with zero attached hydrogens (tertiary/aromatic N) is 1. The number of aromatic hydroxyl groups is 1. The molecule has 2 aromatic carbocycles. The van der Waals surface area contributed by atoms with Crippen molar-refractivity contribution in [3.8, 4) is 17.6 Å². The summed E-state index contributed by atoms with van der Waals surface area (Å²) in [5, 5.41) is 23.1. The molecule has 3 N–H and O–H groups in total. The molecule has 2 aromatic rings. The van der Waals surface area contributed by atoms with Crippen molar-refractivity contribution < 1.29 is 19.4 Å². The molecule has 0 aliphatic rings. The van der Waals surface area contributed by atoms with Crippen LogP contribution in [0.15, 0.2) is 48.5 Å². The zero-order valence-electron chi connectivity index (χ0n) is 14.2. The zero-order chi connectivity index (χ0) is 18.9. The lowest BCUT2D eigenvalue weighted by Crippen LogP contribution is -2.35. The van der Waals surface area contributed by atoms with Crippen molar-refractivity contribution in [2.45, 2.75) is 26.0 Å². The van der Waals surface area contributed by atoms with Gasteiger partial charge in [0.15, 0.2) is 6.10 Å². The number of nitrogens with one attached hydrogen (secondary N) is 2. The van der Waals surface area contributed by atoms with E-state index in [9.17, 15) is 14.7 Å². The molecule has 1 unspecified atom stereocenters. The Bertz CT molecular complexity index is 812. The maximum absolute atomic E-state index is 12.1.